The molecule has 0 saturated carbocycles. The molecule has 0 atom stereocenters. The highest BCUT2D eigenvalue weighted by Gasteiger charge is 2.42. The fraction of sp³-hybridized carbons (Fsp3) is 0.429. The van der Waals surface area contributed by atoms with Crippen LogP contribution in [0.2, 0.25) is 0 Å². The third kappa shape index (κ3) is 4.10. The number of rotatable bonds is 4. The van der Waals surface area contributed by atoms with Crippen molar-refractivity contribution in [2.45, 2.75) is 51.6 Å². The van der Waals surface area contributed by atoms with E-state index in [0.29, 0.717) is 22.5 Å². The van der Waals surface area contributed by atoms with Gasteiger partial charge in [0.15, 0.2) is 0 Å². The van der Waals surface area contributed by atoms with Crippen molar-refractivity contribution in [3.63, 3.8) is 0 Å². The normalized spacial score (nSPS) is 16.9. The molecule has 0 radical (unpaired) electrons. The average molecular weight is 405 g/mol. The van der Waals surface area contributed by atoms with Crippen molar-refractivity contribution in [3.8, 4) is 0 Å². The molecule has 28 heavy (non-hydrogen) atoms. The SMILES string of the molecule is COC(=O)c1c(NC(=O)Cc2ccc(F)cc2)sc2c1CC(C)(C)NC2(C)C. The van der Waals surface area contributed by atoms with Crippen molar-refractivity contribution in [2.24, 2.45) is 0 Å². The Morgan fingerprint density at radius 1 is 1.21 bits per heavy atom. The molecule has 0 bridgehead atoms. The molecule has 1 aliphatic heterocycles. The Morgan fingerprint density at radius 2 is 1.86 bits per heavy atom. The van der Waals surface area contributed by atoms with Gasteiger partial charge in [0.05, 0.1) is 19.1 Å². The molecular formula is C21H25FN2O3S. The van der Waals surface area contributed by atoms with Gasteiger partial charge in [-0.1, -0.05) is 12.1 Å². The van der Waals surface area contributed by atoms with E-state index in [1.54, 1.807) is 12.1 Å². The molecule has 5 nitrogen and oxygen atoms in total. The Balaban J connectivity index is 1.95. The smallest absolute Gasteiger partial charge is 0.341 e. The second-order valence-corrected chi connectivity index (χ2v) is 9.29. The lowest BCUT2D eigenvalue weighted by atomic mass is 9.81. The maximum absolute atomic E-state index is 13.1. The third-order valence-electron chi connectivity index (χ3n) is 4.76. The largest absolute Gasteiger partial charge is 0.465 e. The molecule has 0 aliphatic carbocycles. The minimum absolute atomic E-state index is 0.0938. The number of thiophene rings is 1. The summed E-state index contributed by atoms with van der Waals surface area (Å²) in [5.74, 6) is -1.07. The van der Waals surface area contributed by atoms with E-state index in [2.05, 4.69) is 38.3 Å². The highest BCUT2D eigenvalue weighted by atomic mass is 32.1. The number of esters is 1. The Bertz CT molecular complexity index is 916. The van der Waals surface area contributed by atoms with Crippen LogP contribution in [0.1, 0.15) is 54.1 Å². The first-order valence-electron chi connectivity index (χ1n) is 9.10. The zero-order valence-corrected chi connectivity index (χ0v) is 17.6. The Kier molecular flexibility index (Phi) is 5.34. The summed E-state index contributed by atoms with van der Waals surface area (Å²) in [6, 6.07) is 5.79. The van der Waals surface area contributed by atoms with E-state index in [9.17, 15) is 14.0 Å². The summed E-state index contributed by atoms with van der Waals surface area (Å²) >= 11 is 1.40. The number of methoxy groups -OCH3 is 1. The van der Waals surface area contributed by atoms with Gasteiger partial charge in [0, 0.05) is 16.0 Å². The average Bonchev–Trinajstić information content (AvgIpc) is 2.93. The van der Waals surface area contributed by atoms with Crippen LogP contribution in [0.15, 0.2) is 24.3 Å². The standard InChI is InChI=1S/C21H25FN2O3S/c1-20(2)11-14-16(19(26)27-5)18(28-17(14)21(3,4)24-20)23-15(25)10-12-6-8-13(22)9-7-12/h6-9,24H,10-11H2,1-5H3,(H,23,25). The summed E-state index contributed by atoms with van der Waals surface area (Å²) in [7, 11) is 1.34. The van der Waals surface area contributed by atoms with Crippen molar-refractivity contribution in [1.29, 1.82) is 0 Å². The van der Waals surface area contributed by atoms with E-state index < -0.39 is 5.97 Å². The van der Waals surface area contributed by atoms with Crippen LogP contribution in [-0.4, -0.2) is 24.5 Å². The molecule has 1 aliphatic rings. The van der Waals surface area contributed by atoms with Crippen LogP contribution < -0.4 is 10.6 Å². The topological polar surface area (TPSA) is 67.4 Å². The summed E-state index contributed by atoms with van der Waals surface area (Å²) in [5, 5.41) is 6.96. The molecule has 0 spiro atoms. The molecule has 3 rings (SSSR count). The molecule has 2 N–H and O–H groups in total. The quantitative estimate of drug-likeness (QED) is 0.756. The van der Waals surface area contributed by atoms with Crippen molar-refractivity contribution in [1.82, 2.24) is 5.32 Å². The molecule has 1 amide bonds. The third-order valence-corrected chi connectivity index (χ3v) is 6.24. The summed E-state index contributed by atoms with van der Waals surface area (Å²) < 4.78 is 18.1. The van der Waals surface area contributed by atoms with Crippen LogP contribution in [0.3, 0.4) is 0 Å². The molecule has 2 aromatic rings. The number of halogens is 1. The van der Waals surface area contributed by atoms with Gasteiger partial charge in [0.1, 0.15) is 10.8 Å². The first kappa shape index (κ1) is 20.5. The van der Waals surface area contributed by atoms with E-state index in [1.807, 2.05) is 0 Å². The Labute approximate surface area is 168 Å². The monoisotopic (exact) mass is 404 g/mol. The van der Waals surface area contributed by atoms with Crippen molar-refractivity contribution in [3.05, 3.63) is 51.7 Å². The van der Waals surface area contributed by atoms with Gasteiger partial charge in [-0.2, -0.15) is 0 Å². The van der Waals surface area contributed by atoms with E-state index >= 15 is 0 Å². The molecule has 0 saturated heterocycles. The fourth-order valence-corrected chi connectivity index (χ4v) is 5.17. The summed E-state index contributed by atoms with van der Waals surface area (Å²) in [4.78, 5) is 26.1. The van der Waals surface area contributed by atoms with Crippen LogP contribution in [0.25, 0.3) is 0 Å². The molecule has 1 aromatic carbocycles. The van der Waals surface area contributed by atoms with E-state index in [-0.39, 0.29) is 29.2 Å². The van der Waals surface area contributed by atoms with Gasteiger partial charge >= 0.3 is 5.97 Å². The number of anilines is 1. The molecule has 150 valence electrons. The second-order valence-electron chi connectivity index (χ2n) is 8.27. The van der Waals surface area contributed by atoms with E-state index in [1.165, 1.54) is 30.6 Å². The predicted octanol–water partition coefficient (Wildman–Crippen LogP) is 4.01. The van der Waals surface area contributed by atoms with Crippen LogP contribution in [0.5, 0.6) is 0 Å². The molecule has 0 unspecified atom stereocenters. The zero-order chi connectivity index (χ0) is 20.7. The van der Waals surface area contributed by atoms with Crippen molar-refractivity contribution < 1.29 is 18.7 Å². The molecule has 0 fully saturated rings. The lowest BCUT2D eigenvalue weighted by molar-refractivity contribution is -0.115. The Hall–Kier alpha value is -2.25. The van der Waals surface area contributed by atoms with Gasteiger partial charge in [-0.15, -0.1) is 11.3 Å². The second kappa shape index (κ2) is 7.29. The summed E-state index contributed by atoms with van der Waals surface area (Å²) in [5.41, 5.74) is 1.50. The maximum atomic E-state index is 13.1. The fourth-order valence-electron chi connectivity index (χ4n) is 3.89. The summed E-state index contributed by atoms with van der Waals surface area (Å²) in [6.45, 7) is 8.30. The number of nitrogens with one attached hydrogen (secondary N) is 2. The lowest BCUT2D eigenvalue weighted by Crippen LogP contribution is -2.55. The first-order valence-corrected chi connectivity index (χ1v) is 9.92. The number of hydrogen-bond acceptors (Lipinski definition) is 5. The number of amides is 1. The number of ether oxygens (including phenoxy) is 1. The highest BCUT2D eigenvalue weighted by molar-refractivity contribution is 7.17. The van der Waals surface area contributed by atoms with Crippen molar-refractivity contribution >= 4 is 28.2 Å². The van der Waals surface area contributed by atoms with E-state index in [0.717, 1.165) is 10.4 Å². The highest BCUT2D eigenvalue weighted by Crippen LogP contribution is 2.45. The molecule has 2 heterocycles. The molecule has 7 heteroatoms. The number of fused-ring (bicyclic) bond motifs is 1. The zero-order valence-electron chi connectivity index (χ0n) is 16.7. The number of benzene rings is 1. The van der Waals surface area contributed by atoms with Gasteiger partial charge in [0.2, 0.25) is 5.91 Å². The molecule has 1 aromatic heterocycles. The number of carbonyl (C=O) groups is 2. The van der Waals surface area contributed by atoms with Crippen LogP contribution in [0.4, 0.5) is 9.39 Å². The van der Waals surface area contributed by atoms with Crippen molar-refractivity contribution in [2.75, 3.05) is 12.4 Å². The summed E-state index contributed by atoms with van der Waals surface area (Å²) in [6.07, 6.45) is 0.747. The van der Waals surface area contributed by atoms with Gasteiger partial charge < -0.3 is 15.4 Å². The molecular weight excluding hydrogens is 379 g/mol. The van der Waals surface area contributed by atoms with Gasteiger partial charge in [-0.25, -0.2) is 9.18 Å². The van der Waals surface area contributed by atoms with Crippen LogP contribution in [-0.2, 0) is 27.9 Å². The van der Waals surface area contributed by atoms with E-state index in [4.69, 9.17) is 4.74 Å². The number of hydrogen-bond donors (Lipinski definition) is 2. The minimum Gasteiger partial charge on any atom is -0.465 e. The van der Waals surface area contributed by atoms with Crippen LogP contribution >= 0.6 is 11.3 Å². The van der Waals surface area contributed by atoms with Gasteiger partial charge in [-0.05, 0) is 57.4 Å². The van der Waals surface area contributed by atoms with Gasteiger partial charge in [0.25, 0.3) is 0 Å². The predicted molar refractivity (Wildman–Crippen MR) is 108 cm³/mol. The Morgan fingerprint density at radius 3 is 2.46 bits per heavy atom. The first-order chi connectivity index (χ1) is 13.0. The maximum Gasteiger partial charge on any atom is 0.341 e. The lowest BCUT2D eigenvalue weighted by Gasteiger charge is -2.42. The minimum atomic E-state index is -0.455. The van der Waals surface area contributed by atoms with Crippen LogP contribution in [0, 0.1) is 5.82 Å². The van der Waals surface area contributed by atoms with Gasteiger partial charge in [-0.3, -0.25) is 4.79 Å². The number of carbonyl (C=O) groups excluding carboxylic acids is 2.